The van der Waals surface area contributed by atoms with Crippen molar-refractivity contribution in [3.63, 3.8) is 0 Å². The van der Waals surface area contributed by atoms with Crippen molar-refractivity contribution in [2.45, 2.75) is 25.4 Å². The van der Waals surface area contributed by atoms with Crippen molar-refractivity contribution < 1.29 is 18.7 Å². The maximum Gasteiger partial charge on any atom is 0.223 e. The average Bonchev–Trinajstić information content (AvgIpc) is 2.92. The Morgan fingerprint density at radius 3 is 3.00 bits per heavy atom. The summed E-state index contributed by atoms with van der Waals surface area (Å²) in [6.45, 7) is 1.32. The summed E-state index contributed by atoms with van der Waals surface area (Å²) < 4.78 is 16.5. The third-order valence-corrected chi connectivity index (χ3v) is 3.51. The fourth-order valence-corrected chi connectivity index (χ4v) is 2.41. The highest BCUT2D eigenvalue weighted by Gasteiger charge is 2.16. The van der Waals surface area contributed by atoms with Gasteiger partial charge in [-0.15, -0.1) is 0 Å². The number of hydrogen-bond donors (Lipinski definition) is 0. The first-order valence-electron chi connectivity index (χ1n) is 7.04. The average molecular weight is 274 g/mol. The number of hydrogen-bond acceptors (Lipinski definition) is 4. The van der Waals surface area contributed by atoms with E-state index < -0.39 is 0 Å². The van der Waals surface area contributed by atoms with E-state index in [4.69, 9.17) is 13.9 Å². The molecule has 1 aromatic carbocycles. The van der Waals surface area contributed by atoms with Crippen LogP contribution in [0.25, 0.3) is 11.0 Å². The summed E-state index contributed by atoms with van der Waals surface area (Å²) in [5, 5.41) is 0.937. The van der Waals surface area contributed by atoms with Crippen molar-refractivity contribution in [2.24, 2.45) is 0 Å². The van der Waals surface area contributed by atoms with Crippen molar-refractivity contribution in [3.05, 3.63) is 36.1 Å². The van der Waals surface area contributed by atoms with Crippen molar-refractivity contribution in [1.82, 2.24) is 0 Å². The molecule has 4 nitrogen and oxygen atoms in total. The van der Waals surface area contributed by atoms with Gasteiger partial charge in [-0.25, -0.2) is 0 Å². The Morgan fingerprint density at radius 2 is 2.20 bits per heavy atom. The van der Waals surface area contributed by atoms with Crippen LogP contribution in [0.15, 0.2) is 34.7 Å². The molecule has 0 radical (unpaired) electrons. The molecule has 3 rings (SSSR count). The molecule has 0 N–H and O–H groups in total. The van der Waals surface area contributed by atoms with Crippen molar-refractivity contribution >= 4 is 16.8 Å². The molecule has 1 unspecified atom stereocenters. The molecule has 1 aliphatic heterocycles. The minimum Gasteiger partial charge on any atom is -0.453 e. The van der Waals surface area contributed by atoms with E-state index in [0.717, 1.165) is 30.4 Å². The molecule has 0 saturated carbocycles. The number of carbonyl (C=O) groups is 1. The summed E-state index contributed by atoms with van der Waals surface area (Å²) in [5.74, 6) is 0.229. The molecular formula is C16H18O4. The highest BCUT2D eigenvalue weighted by atomic mass is 16.5. The first-order chi connectivity index (χ1) is 9.83. The lowest BCUT2D eigenvalue weighted by Crippen LogP contribution is -2.25. The molecule has 1 fully saturated rings. The lowest BCUT2D eigenvalue weighted by atomic mass is 10.1. The van der Waals surface area contributed by atoms with Crippen molar-refractivity contribution in [1.29, 1.82) is 0 Å². The molecule has 1 atom stereocenters. The van der Waals surface area contributed by atoms with Crippen LogP contribution in [-0.4, -0.2) is 31.7 Å². The summed E-state index contributed by atoms with van der Waals surface area (Å²) in [6, 6.07) is 9.34. The minimum absolute atomic E-state index is 0.0414. The van der Waals surface area contributed by atoms with Gasteiger partial charge >= 0.3 is 0 Å². The van der Waals surface area contributed by atoms with Gasteiger partial charge < -0.3 is 13.9 Å². The molecule has 2 aromatic rings. The second kappa shape index (κ2) is 6.20. The Morgan fingerprint density at radius 1 is 1.30 bits per heavy atom. The number of ether oxygens (including phenoxy) is 2. The standard InChI is InChI=1S/C16H18O4/c17-14(11-18-10-13-6-3-4-8-19-13)16-9-12-5-1-2-7-15(12)20-16/h1-2,5,7,9,13H,3-4,6,8,10-11H2. The first-order valence-corrected chi connectivity index (χ1v) is 7.04. The number of carbonyl (C=O) groups excluding carboxylic acids is 1. The van der Waals surface area contributed by atoms with Crippen LogP contribution in [0.4, 0.5) is 0 Å². The summed E-state index contributed by atoms with van der Waals surface area (Å²) in [6.07, 6.45) is 3.44. The lowest BCUT2D eigenvalue weighted by Gasteiger charge is -2.21. The second-order valence-corrected chi connectivity index (χ2v) is 5.08. The number of benzene rings is 1. The quantitative estimate of drug-likeness (QED) is 0.786. The Labute approximate surface area is 117 Å². The zero-order chi connectivity index (χ0) is 13.8. The predicted molar refractivity (Wildman–Crippen MR) is 75.0 cm³/mol. The molecule has 4 heteroatoms. The molecule has 1 saturated heterocycles. The van der Waals surface area contributed by atoms with Crippen LogP contribution in [0.2, 0.25) is 0 Å². The van der Waals surface area contributed by atoms with Gasteiger partial charge in [0.05, 0.1) is 12.7 Å². The van der Waals surface area contributed by atoms with E-state index in [1.54, 1.807) is 6.07 Å². The molecule has 1 aliphatic rings. The Balaban J connectivity index is 1.53. The topological polar surface area (TPSA) is 48.7 Å². The van der Waals surface area contributed by atoms with Crippen LogP contribution in [0, 0.1) is 0 Å². The number of rotatable bonds is 5. The minimum atomic E-state index is -0.128. The third-order valence-electron chi connectivity index (χ3n) is 3.51. The van der Waals surface area contributed by atoms with Gasteiger partial charge in [0.15, 0.2) is 5.76 Å². The zero-order valence-electron chi connectivity index (χ0n) is 11.3. The van der Waals surface area contributed by atoms with Gasteiger partial charge in [-0.2, -0.15) is 0 Å². The van der Waals surface area contributed by atoms with E-state index >= 15 is 0 Å². The number of ketones is 1. The van der Waals surface area contributed by atoms with Gasteiger partial charge in [-0.3, -0.25) is 4.79 Å². The summed E-state index contributed by atoms with van der Waals surface area (Å²) in [5.41, 5.74) is 0.728. The van der Waals surface area contributed by atoms with Gasteiger partial charge in [0.25, 0.3) is 0 Å². The highest BCUT2D eigenvalue weighted by molar-refractivity contribution is 5.98. The van der Waals surface area contributed by atoms with Crippen LogP contribution in [0.5, 0.6) is 0 Å². The number of fused-ring (bicyclic) bond motifs is 1. The molecule has 0 aliphatic carbocycles. The first kappa shape index (κ1) is 13.3. The molecule has 1 aromatic heterocycles. The highest BCUT2D eigenvalue weighted by Crippen LogP contribution is 2.19. The molecule has 20 heavy (non-hydrogen) atoms. The van der Waals surface area contributed by atoms with Gasteiger partial charge in [-0.05, 0) is 31.4 Å². The fraction of sp³-hybridized carbons (Fsp3) is 0.438. The monoisotopic (exact) mass is 274 g/mol. The van der Waals surface area contributed by atoms with E-state index in [1.165, 1.54) is 6.42 Å². The van der Waals surface area contributed by atoms with Crippen molar-refractivity contribution in [2.75, 3.05) is 19.8 Å². The number of furan rings is 1. The fourth-order valence-electron chi connectivity index (χ4n) is 2.41. The summed E-state index contributed by atoms with van der Waals surface area (Å²) >= 11 is 0. The van der Waals surface area contributed by atoms with Gasteiger partial charge in [-0.1, -0.05) is 18.2 Å². The van der Waals surface area contributed by atoms with Gasteiger partial charge in [0.2, 0.25) is 5.78 Å². The largest absolute Gasteiger partial charge is 0.453 e. The number of para-hydroxylation sites is 1. The molecule has 0 bridgehead atoms. The molecule has 0 spiro atoms. The molecular weight excluding hydrogens is 256 g/mol. The number of Topliss-reactive ketones (excluding diaryl/α,β-unsaturated/α-hetero) is 1. The Kier molecular flexibility index (Phi) is 4.14. The van der Waals surface area contributed by atoms with E-state index in [1.807, 2.05) is 24.3 Å². The van der Waals surface area contributed by atoms with Gasteiger partial charge in [0.1, 0.15) is 12.2 Å². The van der Waals surface area contributed by atoms with Crippen LogP contribution >= 0.6 is 0 Å². The smallest absolute Gasteiger partial charge is 0.223 e. The van der Waals surface area contributed by atoms with Crippen LogP contribution in [0.1, 0.15) is 29.8 Å². The van der Waals surface area contributed by atoms with E-state index in [2.05, 4.69) is 0 Å². The molecule has 2 heterocycles. The van der Waals surface area contributed by atoms with Crippen LogP contribution in [0.3, 0.4) is 0 Å². The Bertz CT molecular complexity index is 548. The van der Waals surface area contributed by atoms with Crippen molar-refractivity contribution in [3.8, 4) is 0 Å². The Hall–Kier alpha value is -1.65. The van der Waals surface area contributed by atoms with E-state index in [0.29, 0.717) is 12.4 Å². The van der Waals surface area contributed by atoms with E-state index in [9.17, 15) is 4.79 Å². The van der Waals surface area contributed by atoms with Crippen LogP contribution < -0.4 is 0 Å². The zero-order valence-corrected chi connectivity index (χ0v) is 11.3. The van der Waals surface area contributed by atoms with E-state index in [-0.39, 0.29) is 18.5 Å². The maximum atomic E-state index is 12.0. The normalized spacial score (nSPS) is 19.3. The summed E-state index contributed by atoms with van der Waals surface area (Å²) in [4.78, 5) is 12.0. The van der Waals surface area contributed by atoms with Gasteiger partial charge in [0, 0.05) is 12.0 Å². The third kappa shape index (κ3) is 3.08. The van der Waals surface area contributed by atoms with Crippen LogP contribution in [-0.2, 0) is 9.47 Å². The summed E-state index contributed by atoms with van der Waals surface area (Å²) in [7, 11) is 0. The second-order valence-electron chi connectivity index (χ2n) is 5.08. The maximum absolute atomic E-state index is 12.0. The lowest BCUT2D eigenvalue weighted by molar-refractivity contribution is -0.0372. The molecule has 0 amide bonds. The molecule has 106 valence electrons. The SMILES string of the molecule is O=C(COCC1CCCCO1)c1cc2ccccc2o1. The predicted octanol–water partition coefficient (Wildman–Crippen LogP) is 3.20.